The molecule has 0 aliphatic rings. The molecule has 7 heteroatoms. The van der Waals surface area contributed by atoms with Crippen LogP contribution >= 0.6 is 11.6 Å². The highest BCUT2D eigenvalue weighted by Crippen LogP contribution is 2.21. The van der Waals surface area contributed by atoms with Crippen LogP contribution in [0.25, 0.3) is 0 Å². The van der Waals surface area contributed by atoms with E-state index < -0.39 is 20.7 Å². The van der Waals surface area contributed by atoms with E-state index in [2.05, 4.69) is 11.3 Å². The summed E-state index contributed by atoms with van der Waals surface area (Å²) in [6.45, 7) is 6.01. The summed E-state index contributed by atoms with van der Waals surface area (Å²) in [6, 6.07) is 3.81. The van der Waals surface area contributed by atoms with Crippen LogP contribution in [0.3, 0.4) is 0 Å². The van der Waals surface area contributed by atoms with Gasteiger partial charge in [0.25, 0.3) is 0 Å². The highest BCUT2D eigenvalue weighted by atomic mass is 35.5. The number of ether oxygens (including phenoxy) is 1. The fraction of sp³-hybridized carbons (Fsp3) is 0.333. The molecule has 0 saturated heterocycles. The molecule has 0 atom stereocenters. The first-order chi connectivity index (χ1) is 8.84. The van der Waals surface area contributed by atoms with Crippen molar-refractivity contribution >= 4 is 21.6 Å². The van der Waals surface area contributed by atoms with Gasteiger partial charge in [0.05, 0.1) is 18.2 Å². The Labute approximate surface area is 117 Å². The Morgan fingerprint density at radius 3 is 2.84 bits per heavy atom. The highest BCUT2D eigenvalue weighted by molar-refractivity contribution is 7.89. The van der Waals surface area contributed by atoms with E-state index in [9.17, 15) is 12.8 Å². The molecule has 0 unspecified atom stereocenters. The zero-order chi connectivity index (χ0) is 14.5. The molecule has 1 aromatic rings. The summed E-state index contributed by atoms with van der Waals surface area (Å²) in [5, 5.41) is -0.235. The lowest BCUT2D eigenvalue weighted by Crippen LogP contribution is -2.28. The van der Waals surface area contributed by atoms with Gasteiger partial charge in [0.2, 0.25) is 10.0 Å². The number of rotatable bonds is 7. The quantitative estimate of drug-likeness (QED) is 0.621. The molecule has 0 saturated carbocycles. The average molecular weight is 308 g/mol. The van der Waals surface area contributed by atoms with Gasteiger partial charge in [0.15, 0.2) is 5.82 Å². The molecule has 0 fully saturated rings. The van der Waals surface area contributed by atoms with Gasteiger partial charge in [-0.25, -0.2) is 17.5 Å². The maximum atomic E-state index is 13.6. The predicted octanol–water partition coefficient (Wildman–Crippen LogP) is 2.35. The largest absolute Gasteiger partial charge is 0.376 e. The van der Waals surface area contributed by atoms with E-state index >= 15 is 0 Å². The van der Waals surface area contributed by atoms with E-state index in [1.54, 1.807) is 6.92 Å². The Balaban J connectivity index is 2.61. The molecule has 1 aromatic carbocycles. The minimum absolute atomic E-state index is 0.0432. The van der Waals surface area contributed by atoms with E-state index in [1.165, 1.54) is 12.1 Å². The normalized spacial score (nSPS) is 11.5. The van der Waals surface area contributed by atoms with Gasteiger partial charge in [-0.2, -0.15) is 0 Å². The molecule has 106 valence electrons. The van der Waals surface area contributed by atoms with E-state index in [4.69, 9.17) is 16.3 Å². The Kier molecular flexibility index (Phi) is 5.93. The maximum Gasteiger partial charge on any atom is 0.243 e. The molecule has 4 nitrogen and oxygen atoms in total. The Morgan fingerprint density at radius 2 is 2.21 bits per heavy atom. The second-order valence-corrected chi connectivity index (χ2v) is 6.10. The van der Waals surface area contributed by atoms with Crippen LogP contribution in [-0.2, 0) is 14.8 Å². The minimum Gasteiger partial charge on any atom is -0.376 e. The predicted molar refractivity (Wildman–Crippen MR) is 72.2 cm³/mol. The van der Waals surface area contributed by atoms with Crippen molar-refractivity contribution in [3.05, 3.63) is 41.2 Å². The summed E-state index contributed by atoms with van der Waals surface area (Å²) in [5.74, 6) is -0.959. The molecule has 0 amide bonds. The monoisotopic (exact) mass is 307 g/mol. The number of benzene rings is 1. The summed E-state index contributed by atoms with van der Waals surface area (Å²) >= 11 is 5.54. The second kappa shape index (κ2) is 7.00. The Hall–Kier alpha value is -0.950. The molecule has 0 radical (unpaired) electrons. The zero-order valence-electron chi connectivity index (χ0n) is 10.4. The Morgan fingerprint density at radius 1 is 1.53 bits per heavy atom. The van der Waals surface area contributed by atoms with Crippen LogP contribution in [0.2, 0.25) is 5.02 Å². The SMILES string of the molecule is C=C(C)COCCNS(=O)(=O)c1cccc(Cl)c1F. The van der Waals surface area contributed by atoms with Gasteiger partial charge in [-0.15, -0.1) is 0 Å². The van der Waals surface area contributed by atoms with Crippen molar-refractivity contribution in [1.82, 2.24) is 4.72 Å². The third-order valence-electron chi connectivity index (χ3n) is 2.09. The molecule has 0 bridgehead atoms. The van der Waals surface area contributed by atoms with Gasteiger partial charge in [-0.05, 0) is 19.1 Å². The maximum absolute atomic E-state index is 13.6. The Bertz CT molecular complexity index is 560. The summed E-state index contributed by atoms with van der Waals surface area (Å²) in [4.78, 5) is -0.472. The van der Waals surface area contributed by atoms with Crippen LogP contribution in [0.4, 0.5) is 4.39 Å². The highest BCUT2D eigenvalue weighted by Gasteiger charge is 2.19. The molecule has 0 heterocycles. The molecule has 0 aliphatic carbocycles. The molecule has 0 aliphatic heterocycles. The van der Waals surface area contributed by atoms with Gasteiger partial charge >= 0.3 is 0 Å². The molecule has 0 spiro atoms. The van der Waals surface area contributed by atoms with Crippen LogP contribution in [-0.4, -0.2) is 28.2 Å². The van der Waals surface area contributed by atoms with Crippen LogP contribution in [0, 0.1) is 5.82 Å². The van der Waals surface area contributed by atoms with Gasteiger partial charge in [0.1, 0.15) is 4.90 Å². The molecular weight excluding hydrogens is 293 g/mol. The van der Waals surface area contributed by atoms with Gasteiger partial charge < -0.3 is 4.74 Å². The van der Waals surface area contributed by atoms with Gasteiger partial charge in [0, 0.05) is 6.54 Å². The number of nitrogens with one attached hydrogen (secondary N) is 1. The second-order valence-electron chi connectivity index (χ2n) is 3.96. The summed E-state index contributed by atoms with van der Waals surface area (Å²) in [7, 11) is -3.93. The van der Waals surface area contributed by atoms with E-state index in [-0.39, 0.29) is 18.2 Å². The first-order valence-corrected chi connectivity index (χ1v) is 7.36. The first kappa shape index (κ1) is 16.1. The first-order valence-electron chi connectivity index (χ1n) is 5.50. The number of hydrogen-bond acceptors (Lipinski definition) is 3. The lowest BCUT2D eigenvalue weighted by molar-refractivity contribution is 0.162. The van der Waals surface area contributed by atoms with Crippen LogP contribution in [0.5, 0.6) is 0 Å². The number of halogens is 2. The molecule has 19 heavy (non-hydrogen) atoms. The van der Waals surface area contributed by atoms with Crippen LogP contribution < -0.4 is 4.72 Å². The van der Waals surface area contributed by atoms with Crippen molar-refractivity contribution in [2.24, 2.45) is 0 Å². The summed E-state index contributed by atoms with van der Waals surface area (Å²) in [5.41, 5.74) is 0.837. The van der Waals surface area contributed by atoms with E-state index in [0.717, 1.165) is 11.6 Å². The van der Waals surface area contributed by atoms with Crippen molar-refractivity contribution in [2.45, 2.75) is 11.8 Å². The van der Waals surface area contributed by atoms with Crippen molar-refractivity contribution < 1.29 is 17.5 Å². The number of sulfonamides is 1. The van der Waals surface area contributed by atoms with Gasteiger partial charge in [-0.1, -0.05) is 29.8 Å². The van der Waals surface area contributed by atoms with E-state index in [1.807, 2.05) is 0 Å². The molecule has 0 aromatic heterocycles. The minimum atomic E-state index is -3.93. The standard InChI is InChI=1S/C12H15ClFNO3S/c1-9(2)8-18-7-6-15-19(16,17)11-5-3-4-10(13)12(11)14/h3-5,15H,1,6-8H2,2H3. The van der Waals surface area contributed by atoms with Crippen molar-refractivity contribution in [3.8, 4) is 0 Å². The average Bonchev–Trinajstić information content (AvgIpc) is 2.31. The molecule has 1 rings (SSSR count). The van der Waals surface area contributed by atoms with Crippen LogP contribution in [0.1, 0.15) is 6.92 Å². The third-order valence-corrected chi connectivity index (χ3v) is 3.86. The fourth-order valence-electron chi connectivity index (χ4n) is 1.26. The smallest absolute Gasteiger partial charge is 0.243 e. The van der Waals surface area contributed by atoms with Crippen molar-refractivity contribution in [1.29, 1.82) is 0 Å². The summed E-state index contributed by atoms with van der Waals surface area (Å²) in [6.07, 6.45) is 0. The van der Waals surface area contributed by atoms with Crippen molar-refractivity contribution in [3.63, 3.8) is 0 Å². The molecular formula is C12H15ClFNO3S. The van der Waals surface area contributed by atoms with E-state index in [0.29, 0.717) is 6.61 Å². The van der Waals surface area contributed by atoms with Gasteiger partial charge in [-0.3, -0.25) is 0 Å². The topological polar surface area (TPSA) is 55.4 Å². The third kappa shape index (κ3) is 4.91. The molecule has 1 N–H and O–H groups in total. The lowest BCUT2D eigenvalue weighted by Gasteiger charge is -2.08. The zero-order valence-corrected chi connectivity index (χ0v) is 12.0. The van der Waals surface area contributed by atoms with Crippen LogP contribution in [0.15, 0.2) is 35.2 Å². The number of hydrogen-bond donors (Lipinski definition) is 1. The lowest BCUT2D eigenvalue weighted by atomic mass is 10.3. The summed E-state index contributed by atoms with van der Waals surface area (Å²) < 4.78 is 44.6. The van der Waals surface area contributed by atoms with Crippen molar-refractivity contribution in [2.75, 3.05) is 19.8 Å². The fourth-order valence-corrected chi connectivity index (χ4v) is 2.61.